The molecule has 0 fully saturated rings. The average Bonchev–Trinajstić information content (AvgIpc) is 3.31. The summed E-state index contributed by atoms with van der Waals surface area (Å²) in [5, 5.41) is 6.56. The molecule has 0 spiro atoms. The lowest BCUT2D eigenvalue weighted by atomic mass is 10.0. The first kappa shape index (κ1) is 18.0. The van der Waals surface area contributed by atoms with Crippen LogP contribution >= 0.6 is 0 Å². The molecule has 0 aliphatic heterocycles. The van der Waals surface area contributed by atoms with Crippen molar-refractivity contribution in [3.05, 3.63) is 69.5 Å². The number of amides is 1. The van der Waals surface area contributed by atoms with Crippen molar-refractivity contribution in [3.8, 4) is 11.4 Å². The van der Waals surface area contributed by atoms with Crippen LogP contribution in [0.1, 0.15) is 46.3 Å². The molecule has 1 aromatic carbocycles. The number of carbonyl (C=O) groups excluding carboxylic acids is 1. The largest absolute Gasteiger partial charge is 0.345 e. The molecule has 28 heavy (non-hydrogen) atoms. The summed E-state index contributed by atoms with van der Waals surface area (Å²) in [5.41, 5.74) is 2.75. The van der Waals surface area contributed by atoms with Gasteiger partial charge in [0.2, 0.25) is 11.4 Å². The van der Waals surface area contributed by atoms with Crippen LogP contribution in [-0.2, 0) is 13.5 Å². The first-order valence-corrected chi connectivity index (χ1v) is 8.65. The number of benzene rings is 1. The second-order valence-electron chi connectivity index (χ2n) is 6.60. The maximum absolute atomic E-state index is 12.6. The minimum absolute atomic E-state index is 0.107. The highest BCUT2D eigenvalue weighted by molar-refractivity contribution is 5.94. The zero-order chi connectivity index (χ0) is 19.8. The number of nitrogens with zero attached hydrogens (tertiary/aromatic N) is 3. The summed E-state index contributed by atoms with van der Waals surface area (Å²) in [6, 6.07) is 8.05. The van der Waals surface area contributed by atoms with Gasteiger partial charge in [0.15, 0.2) is 0 Å². The van der Waals surface area contributed by atoms with Crippen molar-refractivity contribution in [1.82, 2.24) is 20.0 Å². The van der Waals surface area contributed by atoms with Crippen molar-refractivity contribution in [1.29, 1.82) is 0 Å². The number of hydrogen-bond donors (Lipinski definition) is 1. The summed E-state index contributed by atoms with van der Waals surface area (Å²) in [4.78, 5) is 27.7. The van der Waals surface area contributed by atoms with E-state index >= 15 is 0 Å². The topological polar surface area (TPSA) is 90.0 Å². The number of pyridine rings is 1. The van der Waals surface area contributed by atoms with Crippen molar-refractivity contribution in [2.24, 2.45) is 7.05 Å². The predicted octanol–water partition coefficient (Wildman–Crippen LogP) is 2.79. The molecule has 2 aromatic heterocycles. The van der Waals surface area contributed by atoms with Gasteiger partial charge < -0.3 is 14.4 Å². The summed E-state index contributed by atoms with van der Waals surface area (Å²) in [6.45, 7) is 0. The monoisotopic (exact) mass is 386 g/mol. The highest BCUT2D eigenvalue weighted by Crippen LogP contribution is 2.34. The van der Waals surface area contributed by atoms with E-state index in [-0.39, 0.29) is 23.3 Å². The van der Waals surface area contributed by atoms with Gasteiger partial charge in [0.1, 0.15) is 0 Å². The molecule has 1 atom stereocenters. The van der Waals surface area contributed by atoms with Crippen molar-refractivity contribution in [3.63, 3.8) is 0 Å². The summed E-state index contributed by atoms with van der Waals surface area (Å²) in [5.74, 6) is -0.869. The van der Waals surface area contributed by atoms with Gasteiger partial charge >= 0.3 is 6.43 Å². The fourth-order valence-electron chi connectivity index (χ4n) is 3.32. The van der Waals surface area contributed by atoms with E-state index in [9.17, 15) is 18.4 Å². The molecule has 7 nitrogen and oxygen atoms in total. The number of rotatable bonds is 4. The van der Waals surface area contributed by atoms with Crippen LogP contribution in [0.5, 0.6) is 0 Å². The van der Waals surface area contributed by atoms with Crippen molar-refractivity contribution < 1.29 is 18.1 Å². The van der Waals surface area contributed by atoms with E-state index in [4.69, 9.17) is 0 Å². The Morgan fingerprint density at radius 1 is 1.32 bits per heavy atom. The lowest BCUT2D eigenvalue weighted by Crippen LogP contribution is -2.28. The van der Waals surface area contributed by atoms with Gasteiger partial charge in [-0.3, -0.25) is 9.59 Å². The molecule has 1 amide bonds. The SMILES string of the molecule is Cn1cc(C(=O)NC2CCc3cc(-c4noc(C(F)F)n4)ccc32)ccc1=O. The lowest BCUT2D eigenvalue weighted by Gasteiger charge is -2.14. The summed E-state index contributed by atoms with van der Waals surface area (Å²) in [7, 11) is 1.59. The molecular formula is C19H16F2N4O3. The van der Waals surface area contributed by atoms with E-state index in [2.05, 4.69) is 20.0 Å². The molecule has 2 heterocycles. The van der Waals surface area contributed by atoms with Crippen LogP contribution in [0.2, 0.25) is 0 Å². The van der Waals surface area contributed by atoms with Crippen LogP contribution in [0.15, 0.2) is 45.8 Å². The van der Waals surface area contributed by atoms with Crippen LogP contribution < -0.4 is 10.9 Å². The smallest absolute Gasteiger partial charge is 0.315 e. The maximum Gasteiger partial charge on any atom is 0.315 e. The van der Waals surface area contributed by atoms with E-state index in [0.29, 0.717) is 17.5 Å². The van der Waals surface area contributed by atoms with Gasteiger partial charge in [0.05, 0.1) is 11.6 Å². The van der Waals surface area contributed by atoms with Crippen molar-refractivity contribution in [2.45, 2.75) is 25.3 Å². The van der Waals surface area contributed by atoms with Gasteiger partial charge in [0, 0.05) is 24.9 Å². The Morgan fingerprint density at radius 3 is 2.86 bits per heavy atom. The number of nitrogens with one attached hydrogen (secondary N) is 1. The molecule has 1 N–H and O–H groups in total. The van der Waals surface area contributed by atoms with Gasteiger partial charge in [-0.1, -0.05) is 17.3 Å². The number of carbonyl (C=O) groups is 1. The molecule has 0 radical (unpaired) electrons. The fraction of sp³-hybridized carbons (Fsp3) is 0.263. The van der Waals surface area contributed by atoms with Crippen LogP contribution in [-0.4, -0.2) is 20.6 Å². The Kier molecular flexibility index (Phi) is 4.50. The van der Waals surface area contributed by atoms with Crippen molar-refractivity contribution in [2.75, 3.05) is 0 Å². The minimum atomic E-state index is -2.81. The molecule has 144 valence electrons. The fourth-order valence-corrected chi connectivity index (χ4v) is 3.32. The second-order valence-corrected chi connectivity index (χ2v) is 6.60. The second kappa shape index (κ2) is 6.99. The van der Waals surface area contributed by atoms with E-state index in [1.54, 1.807) is 13.1 Å². The van der Waals surface area contributed by atoms with E-state index in [1.165, 1.54) is 22.9 Å². The number of aryl methyl sites for hydroxylation is 2. The minimum Gasteiger partial charge on any atom is -0.345 e. The first-order chi connectivity index (χ1) is 13.4. The van der Waals surface area contributed by atoms with Crippen LogP contribution in [0, 0.1) is 0 Å². The van der Waals surface area contributed by atoms with Gasteiger partial charge in [0.25, 0.3) is 11.8 Å². The third-order valence-corrected chi connectivity index (χ3v) is 4.76. The molecule has 1 unspecified atom stereocenters. The Bertz CT molecular complexity index is 1110. The number of halogens is 2. The number of fused-ring (bicyclic) bond motifs is 1. The van der Waals surface area contributed by atoms with E-state index < -0.39 is 12.3 Å². The molecule has 4 rings (SSSR count). The highest BCUT2D eigenvalue weighted by Gasteiger charge is 2.26. The van der Waals surface area contributed by atoms with Crippen LogP contribution in [0.3, 0.4) is 0 Å². The molecule has 9 heteroatoms. The van der Waals surface area contributed by atoms with Gasteiger partial charge in [-0.2, -0.15) is 13.8 Å². The number of aromatic nitrogens is 3. The Balaban J connectivity index is 1.53. The molecule has 0 bridgehead atoms. The lowest BCUT2D eigenvalue weighted by molar-refractivity contribution is 0.0935. The molecule has 0 saturated heterocycles. The third-order valence-electron chi connectivity index (χ3n) is 4.76. The molecule has 3 aromatic rings. The molecule has 1 aliphatic carbocycles. The third kappa shape index (κ3) is 3.30. The highest BCUT2D eigenvalue weighted by atomic mass is 19.3. The molecular weight excluding hydrogens is 370 g/mol. The summed E-state index contributed by atoms with van der Waals surface area (Å²) >= 11 is 0. The quantitative estimate of drug-likeness (QED) is 0.745. The molecule has 0 saturated carbocycles. The van der Waals surface area contributed by atoms with Crippen LogP contribution in [0.4, 0.5) is 8.78 Å². The first-order valence-electron chi connectivity index (χ1n) is 8.65. The number of hydrogen-bond acceptors (Lipinski definition) is 5. The summed E-state index contributed by atoms with van der Waals surface area (Å²) < 4.78 is 31.1. The van der Waals surface area contributed by atoms with E-state index in [1.807, 2.05) is 12.1 Å². The Hall–Kier alpha value is -3.36. The Labute approximate surface area is 158 Å². The maximum atomic E-state index is 12.6. The predicted molar refractivity (Wildman–Crippen MR) is 94.9 cm³/mol. The van der Waals surface area contributed by atoms with Gasteiger partial charge in [-0.05, 0) is 36.1 Å². The number of alkyl halides is 2. The van der Waals surface area contributed by atoms with Gasteiger partial charge in [-0.15, -0.1) is 0 Å². The van der Waals surface area contributed by atoms with E-state index in [0.717, 1.165) is 17.5 Å². The normalized spacial score (nSPS) is 15.6. The standard InChI is InChI=1S/C19H16F2N4O3/c1-25-9-12(4-7-15(25)26)18(27)22-14-6-3-10-8-11(2-5-13(10)14)17-23-19(16(20)21)28-24-17/h2,4-5,7-9,14,16H,3,6H2,1H3,(H,22,27). The van der Waals surface area contributed by atoms with Gasteiger partial charge in [-0.25, -0.2) is 0 Å². The molecule has 1 aliphatic rings. The zero-order valence-corrected chi connectivity index (χ0v) is 14.9. The van der Waals surface area contributed by atoms with Crippen LogP contribution in [0.25, 0.3) is 11.4 Å². The Morgan fingerprint density at radius 2 is 2.14 bits per heavy atom. The zero-order valence-electron chi connectivity index (χ0n) is 14.9. The van der Waals surface area contributed by atoms with Crippen molar-refractivity contribution >= 4 is 5.91 Å². The summed E-state index contributed by atoms with van der Waals surface area (Å²) in [6.07, 6.45) is 0.118. The average molecular weight is 386 g/mol.